The summed E-state index contributed by atoms with van der Waals surface area (Å²) >= 11 is 12.1. The van der Waals surface area contributed by atoms with Crippen molar-refractivity contribution in [3.63, 3.8) is 0 Å². The summed E-state index contributed by atoms with van der Waals surface area (Å²) in [6.07, 6.45) is 4.71. The number of hydrogen-bond donors (Lipinski definition) is 0. The fourth-order valence-electron chi connectivity index (χ4n) is 2.17. The molecule has 2 heteroatoms. The van der Waals surface area contributed by atoms with Crippen LogP contribution in [0, 0.1) is 5.92 Å². The molecule has 1 aromatic carbocycles. The summed E-state index contributed by atoms with van der Waals surface area (Å²) in [5, 5.41) is 0. The van der Waals surface area contributed by atoms with E-state index in [9.17, 15) is 0 Å². The van der Waals surface area contributed by atoms with Gasteiger partial charge in [0.1, 0.15) is 4.33 Å². The molecule has 0 N–H and O–H groups in total. The average molecular weight is 241 g/mol. The molecule has 0 aliphatic heterocycles. The highest BCUT2D eigenvalue weighted by Gasteiger charge is 2.51. The van der Waals surface area contributed by atoms with Crippen LogP contribution < -0.4 is 0 Å². The first-order valence-electron chi connectivity index (χ1n) is 5.62. The molecular formula is C13H14Cl2. The van der Waals surface area contributed by atoms with Gasteiger partial charge in [0, 0.05) is 0 Å². The number of halogens is 2. The third-order valence-electron chi connectivity index (χ3n) is 3.44. The van der Waals surface area contributed by atoms with E-state index in [-0.39, 0.29) is 0 Å². The summed E-state index contributed by atoms with van der Waals surface area (Å²) < 4.78 is -0.435. The number of hydrogen-bond acceptors (Lipinski definition) is 0. The predicted octanol–water partition coefficient (Wildman–Crippen LogP) is 4.30. The van der Waals surface area contributed by atoms with Gasteiger partial charge in [-0.25, -0.2) is 0 Å². The van der Waals surface area contributed by atoms with E-state index in [4.69, 9.17) is 23.2 Å². The van der Waals surface area contributed by atoms with Gasteiger partial charge in [-0.05, 0) is 48.6 Å². The minimum absolute atomic E-state index is 0.435. The average Bonchev–Trinajstić information content (AvgIpc) is 3.06. The Morgan fingerprint density at radius 2 is 2.00 bits per heavy atom. The molecule has 0 heterocycles. The summed E-state index contributed by atoms with van der Waals surface area (Å²) in [4.78, 5) is 0. The fraction of sp³-hybridized carbons (Fsp3) is 0.538. The number of alkyl halides is 2. The topological polar surface area (TPSA) is 0 Å². The van der Waals surface area contributed by atoms with E-state index in [1.807, 2.05) is 0 Å². The van der Waals surface area contributed by atoms with Gasteiger partial charge in [0.05, 0.1) is 0 Å². The van der Waals surface area contributed by atoms with Gasteiger partial charge >= 0.3 is 0 Å². The normalized spacial score (nSPS) is 27.7. The van der Waals surface area contributed by atoms with Gasteiger partial charge in [-0.1, -0.05) is 24.3 Å². The Morgan fingerprint density at radius 1 is 1.27 bits per heavy atom. The van der Waals surface area contributed by atoms with Gasteiger partial charge in [-0.2, -0.15) is 0 Å². The molecule has 0 amide bonds. The highest BCUT2D eigenvalue weighted by molar-refractivity contribution is 6.50. The van der Waals surface area contributed by atoms with Gasteiger partial charge in [0.25, 0.3) is 0 Å². The number of rotatable bonds is 3. The van der Waals surface area contributed by atoms with Gasteiger partial charge in [-0.15, -0.1) is 23.2 Å². The Kier molecular flexibility index (Phi) is 2.26. The predicted molar refractivity (Wildman–Crippen MR) is 64.7 cm³/mol. The molecule has 0 bridgehead atoms. The molecule has 15 heavy (non-hydrogen) atoms. The van der Waals surface area contributed by atoms with Crippen LogP contribution in [-0.4, -0.2) is 4.33 Å². The van der Waals surface area contributed by atoms with Crippen molar-refractivity contribution in [3.05, 3.63) is 35.4 Å². The van der Waals surface area contributed by atoms with Crippen LogP contribution in [-0.2, 0) is 6.42 Å². The van der Waals surface area contributed by atoms with E-state index in [2.05, 4.69) is 24.3 Å². The first-order chi connectivity index (χ1) is 7.15. The molecule has 80 valence electrons. The second-order valence-corrected chi connectivity index (χ2v) is 6.43. The van der Waals surface area contributed by atoms with Gasteiger partial charge < -0.3 is 0 Å². The third kappa shape index (κ3) is 2.16. The Balaban J connectivity index is 1.72. The maximum atomic E-state index is 6.04. The molecule has 0 nitrogen and oxygen atoms in total. The maximum Gasteiger partial charge on any atom is 0.121 e. The highest BCUT2D eigenvalue weighted by atomic mass is 35.5. The Hall–Kier alpha value is -0.200. The maximum absolute atomic E-state index is 6.04. The minimum atomic E-state index is -0.435. The van der Waals surface area contributed by atoms with Crippen LogP contribution in [0.3, 0.4) is 0 Å². The third-order valence-corrected chi connectivity index (χ3v) is 4.36. The largest absolute Gasteiger partial charge is 0.121 e. The Morgan fingerprint density at radius 3 is 2.60 bits per heavy atom. The van der Waals surface area contributed by atoms with Crippen molar-refractivity contribution in [2.45, 2.75) is 35.9 Å². The zero-order chi connectivity index (χ0) is 10.5. The lowest BCUT2D eigenvalue weighted by Crippen LogP contribution is -1.95. The second-order valence-electron chi connectivity index (χ2n) is 4.89. The van der Waals surface area contributed by atoms with Gasteiger partial charge in [0.2, 0.25) is 0 Å². The molecule has 3 rings (SSSR count). The Bertz CT molecular complexity index is 380. The van der Waals surface area contributed by atoms with Crippen LogP contribution in [0.2, 0.25) is 0 Å². The lowest BCUT2D eigenvalue weighted by atomic mass is 10.0. The van der Waals surface area contributed by atoms with E-state index in [1.165, 1.54) is 24.0 Å². The smallest absolute Gasteiger partial charge is 0.101 e. The van der Waals surface area contributed by atoms with Crippen molar-refractivity contribution < 1.29 is 0 Å². The van der Waals surface area contributed by atoms with Crippen molar-refractivity contribution in [2.24, 2.45) is 5.92 Å². The summed E-state index contributed by atoms with van der Waals surface area (Å²) in [6, 6.07) is 8.92. The summed E-state index contributed by atoms with van der Waals surface area (Å²) in [7, 11) is 0. The molecule has 0 spiro atoms. The van der Waals surface area contributed by atoms with Crippen molar-refractivity contribution in [1.29, 1.82) is 0 Å². The molecular weight excluding hydrogens is 227 g/mol. The van der Waals surface area contributed by atoms with Crippen LogP contribution in [0.15, 0.2) is 24.3 Å². The second kappa shape index (κ2) is 3.40. The van der Waals surface area contributed by atoms with Crippen molar-refractivity contribution in [2.75, 3.05) is 0 Å². The standard InChI is InChI=1S/C13H14Cl2/c14-13(15)8-12(13)7-9-2-1-3-11(6-9)10-4-5-10/h1-3,6,10,12H,4-5,7-8H2/t12-/m1/s1. The van der Waals surface area contributed by atoms with Crippen molar-refractivity contribution >= 4 is 23.2 Å². The molecule has 0 aromatic heterocycles. The van der Waals surface area contributed by atoms with Gasteiger partial charge in [0.15, 0.2) is 0 Å². The van der Waals surface area contributed by atoms with E-state index >= 15 is 0 Å². The van der Waals surface area contributed by atoms with Gasteiger partial charge in [-0.3, -0.25) is 0 Å². The fourth-order valence-corrected chi connectivity index (χ4v) is 2.69. The molecule has 2 fully saturated rings. The zero-order valence-electron chi connectivity index (χ0n) is 8.55. The number of benzene rings is 1. The molecule has 0 saturated heterocycles. The molecule has 1 atom stereocenters. The minimum Gasteiger partial charge on any atom is -0.101 e. The lowest BCUT2D eigenvalue weighted by Gasteiger charge is -2.04. The zero-order valence-corrected chi connectivity index (χ0v) is 10.1. The highest BCUT2D eigenvalue weighted by Crippen LogP contribution is 2.54. The monoisotopic (exact) mass is 240 g/mol. The summed E-state index contributed by atoms with van der Waals surface area (Å²) in [5.41, 5.74) is 2.90. The first kappa shape index (κ1) is 9.99. The van der Waals surface area contributed by atoms with E-state index in [0.717, 1.165) is 18.8 Å². The molecule has 1 aromatic rings. The first-order valence-corrected chi connectivity index (χ1v) is 6.37. The van der Waals surface area contributed by atoms with Crippen LogP contribution in [0.5, 0.6) is 0 Å². The molecule has 2 aliphatic carbocycles. The summed E-state index contributed by atoms with van der Waals surface area (Å²) in [6.45, 7) is 0. The van der Waals surface area contributed by atoms with Crippen LogP contribution >= 0.6 is 23.2 Å². The lowest BCUT2D eigenvalue weighted by molar-refractivity contribution is 0.817. The molecule has 2 saturated carbocycles. The van der Waals surface area contributed by atoms with Crippen LogP contribution in [0.4, 0.5) is 0 Å². The Labute approximate surface area is 101 Å². The van der Waals surface area contributed by atoms with E-state index in [1.54, 1.807) is 0 Å². The van der Waals surface area contributed by atoms with E-state index in [0.29, 0.717) is 5.92 Å². The quantitative estimate of drug-likeness (QED) is 0.692. The van der Waals surface area contributed by atoms with Crippen LogP contribution in [0.1, 0.15) is 36.3 Å². The van der Waals surface area contributed by atoms with Crippen molar-refractivity contribution in [3.8, 4) is 0 Å². The SMILES string of the molecule is ClC1(Cl)C[C@H]1Cc1cccc(C2CC2)c1. The van der Waals surface area contributed by atoms with E-state index < -0.39 is 4.33 Å². The molecule has 0 radical (unpaired) electrons. The van der Waals surface area contributed by atoms with Crippen molar-refractivity contribution in [1.82, 2.24) is 0 Å². The molecule has 2 aliphatic rings. The summed E-state index contributed by atoms with van der Waals surface area (Å²) in [5.74, 6) is 1.30. The van der Waals surface area contributed by atoms with Crippen LogP contribution in [0.25, 0.3) is 0 Å². The molecule has 0 unspecified atom stereocenters.